The number of hydrogen-bond acceptors (Lipinski definition) is 2. The van der Waals surface area contributed by atoms with E-state index in [0.717, 1.165) is 12.8 Å². The molecule has 1 aliphatic carbocycles. The summed E-state index contributed by atoms with van der Waals surface area (Å²) in [7, 11) is 0. The predicted molar refractivity (Wildman–Crippen MR) is 66.3 cm³/mol. The van der Waals surface area contributed by atoms with Crippen LogP contribution in [0.3, 0.4) is 0 Å². The van der Waals surface area contributed by atoms with E-state index in [-0.39, 0.29) is 12.1 Å². The molecule has 2 rings (SSSR count). The maximum absolute atomic E-state index is 9.90. The summed E-state index contributed by atoms with van der Waals surface area (Å²) in [6.07, 6.45) is 4.27. The van der Waals surface area contributed by atoms with Crippen molar-refractivity contribution in [3.05, 3.63) is 35.9 Å². The Hall–Kier alpha value is -0.860. The number of aliphatic hydroxyl groups excluding tert-OH is 1. The Morgan fingerprint density at radius 2 is 1.88 bits per heavy atom. The Kier molecular flexibility index (Phi) is 3.97. The lowest BCUT2D eigenvalue weighted by molar-refractivity contribution is 0.0860. The average Bonchev–Trinajstić information content (AvgIpc) is 2.33. The van der Waals surface area contributed by atoms with Crippen molar-refractivity contribution in [1.29, 1.82) is 0 Å². The lowest BCUT2D eigenvalue weighted by Crippen LogP contribution is -2.43. The first-order valence-electron chi connectivity index (χ1n) is 6.26. The van der Waals surface area contributed by atoms with Crippen LogP contribution in [-0.4, -0.2) is 17.3 Å². The molecular formula is C14H21NO. The Balaban J connectivity index is 1.94. The average molecular weight is 219 g/mol. The molecule has 0 saturated heterocycles. The van der Waals surface area contributed by atoms with Gasteiger partial charge in [0.05, 0.1) is 6.10 Å². The first kappa shape index (κ1) is 11.6. The number of hydrogen-bond donors (Lipinski definition) is 2. The molecule has 0 bridgehead atoms. The molecule has 1 aliphatic rings. The van der Waals surface area contributed by atoms with Gasteiger partial charge in [-0.05, 0) is 25.3 Å². The Morgan fingerprint density at radius 3 is 2.56 bits per heavy atom. The quantitative estimate of drug-likeness (QED) is 0.819. The molecule has 16 heavy (non-hydrogen) atoms. The van der Waals surface area contributed by atoms with Gasteiger partial charge in [0.15, 0.2) is 0 Å². The molecule has 0 amide bonds. The molecule has 2 N–H and O–H groups in total. The normalized spacial score (nSPS) is 27.6. The molecule has 1 aromatic carbocycles. The zero-order chi connectivity index (χ0) is 11.4. The van der Waals surface area contributed by atoms with Crippen LogP contribution in [-0.2, 0) is 0 Å². The van der Waals surface area contributed by atoms with Gasteiger partial charge in [0.2, 0.25) is 0 Å². The van der Waals surface area contributed by atoms with Crippen LogP contribution in [0, 0.1) is 0 Å². The van der Waals surface area contributed by atoms with Crippen molar-refractivity contribution >= 4 is 0 Å². The van der Waals surface area contributed by atoms with Crippen LogP contribution in [0.25, 0.3) is 0 Å². The van der Waals surface area contributed by atoms with Crippen molar-refractivity contribution in [2.45, 2.75) is 50.8 Å². The van der Waals surface area contributed by atoms with Gasteiger partial charge < -0.3 is 10.4 Å². The van der Waals surface area contributed by atoms with Crippen molar-refractivity contribution in [3.8, 4) is 0 Å². The van der Waals surface area contributed by atoms with Crippen molar-refractivity contribution in [3.63, 3.8) is 0 Å². The van der Waals surface area contributed by atoms with E-state index in [1.54, 1.807) is 0 Å². The highest BCUT2D eigenvalue weighted by molar-refractivity contribution is 5.18. The Morgan fingerprint density at radius 1 is 1.19 bits per heavy atom. The molecule has 88 valence electrons. The molecule has 1 saturated carbocycles. The second kappa shape index (κ2) is 5.46. The zero-order valence-corrected chi connectivity index (χ0v) is 9.89. The van der Waals surface area contributed by atoms with Crippen molar-refractivity contribution in [1.82, 2.24) is 5.32 Å². The standard InChI is InChI=1S/C14H21NO/c1-11(12-7-3-2-4-8-12)15-13-9-5-6-10-14(13)16/h2-4,7-8,11,13-16H,5-6,9-10H2,1H3/t11?,13-,14?/m0/s1. The second-order valence-electron chi connectivity index (χ2n) is 4.76. The van der Waals surface area contributed by atoms with E-state index < -0.39 is 0 Å². The lowest BCUT2D eigenvalue weighted by atomic mass is 9.91. The van der Waals surface area contributed by atoms with Crippen LogP contribution >= 0.6 is 0 Å². The molecular weight excluding hydrogens is 198 g/mol. The molecule has 3 atom stereocenters. The van der Waals surface area contributed by atoms with Gasteiger partial charge in [-0.2, -0.15) is 0 Å². The maximum atomic E-state index is 9.90. The Labute approximate surface area is 97.7 Å². The fourth-order valence-corrected chi connectivity index (χ4v) is 2.46. The van der Waals surface area contributed by atoms with E-state index >= 15 is 0 Å². The largest absolute Gasteiger partial charge is 0.392 e. The molecule has 2 unspecified atom stereocenters. The minimum Gasteiger partial charge on any atom is -0.392 e. The van der Waals surface area contributed by atoms with Crippen LogP contribution in [0.15, 0.2) is 30.3 Å². The number of rotatable bonds is 3. The van der Waals surface area contributed by atoms with Crippen molar-refractivity contribution < 1.29 is 5.11 Å². The number of benzene rings is 1. The van der Waals surface area contributed by atoms with Crippen LogP contribution in [0.1, 0.15) is 44.2 Å². The van der Waals surface area contributed by atoms with Gasteiger partial charge in [0.1, 0.15) is 0 Å². The van der Waals surface area contributed by atoms with Crippen LogP contribution in [0.5, 0.6) is 0 Å². The first-order valence-corrected chi connectivity index (χ1v) is 6.26. The monoisotopic (exact) mass is 219 g/mol. The molecule has 0 aromatic heterocycles. The van der Waals surface area contributed by atoms with Crippen LogP contribution in [0.4, 0.5) is 0 Å². The summed E-state index contributed by atoms with van der Waals surface area (Å²) in [6.45, 7) is 2.16. The zero-order valence-electron chi connectivity index (χ0n) is 9.89. The van der Waals surface area contributed by atoms with Crippen molar-refractivity contribution in [2.24, 2.45) is 0 Å². The fraction of sp³-hybridized carbons (Fsp3) is 0.571. The molecule has 0 heterocycles. The molecule has 2 heteroatoms. The van der Waals surface area contributed by atoms with E-state index in [9.17, 15) is 5.11 Å². The summed E-state index contributed by atoms with van der Waals surface area (Å²) < 4.78 is 0. The summed E-state index contributed by atoms with van der Waals surface area (Å²) in [5, 5.41) is 13.4. The van der Waals surface area contributed by atoms with E-state index in [1.165, 1.54) is 18.4 Å². The highest BCUT2D eigenvalue weighted by Gasteiger charge is 2.24. The van der Waals surface area contributed by atoms with Gasteiger partial charge in [-0.15, -0.1) is 0 Å². The highest BCUT2D eigenvalue weighted by atomic mass is 16.3. The van der Waals surface area contributed by atoms with E-state index in [2.05, 4.69) is 36.5 Å². The van der Waals surface area contributed by atoms with Crippen molar-refractivity contribution in [2.75, 3.05) is 0 Å². The van der Waals surface area contributed by atoms with E-state index in [0.29, 0.717) is 6.04 Å². The molecule has 0 aliphatic heterocycles. The predicted octanol–water partition coefficient (Wildman–Crippen LogP) is 2.64. The molecule has 2 nitrogen and oxygen atoms in total. The third kappa shape index (κ3) is 2.83. The molecule has 0 radical (unpaired) electrons. The molecule has 1 fully saturated rings. The van der Waals surface area contributed by atoms with Gasteiger partial charge in [-0.3, -0.25) is 0 Å². The summed E-state index contributed by atoms with van der Waals surface area (Å²) >= 11 is 0. The molecule has 1 aromatic rings. The lowest BCUT2D eigenvalue weighted by Gasteiger charge is -2.31. The van der Waals surface area contributed by atoms with Crippen LogP contribution < -0.4 is 5.32 Å². The Bertz CT molecular complexity index is 312. The fourth-order valence-electron chi connectivity index (χ4n) is 2.46. The summed E-state index contributed by atoms with van der Waals surface area (Å²) in [5.41, 5.74) is 1.29. The van der Waals surface area contributed by atoms with E-state index in [4.69, 9.17) is 0 Å². The number of aliphatic hydroxyl groups is 1. The number of nitrogens with one attached hydrogen (secondary N) is 1. The van der Waals surface area contributed by atoms with Gasteiger partial charge in [-0.25, -0.2) is 0 Å². The minimum atomic E-state index is -0.167. The molecule has 0 spiro atoms. The van der Waals surface area contributed by atoms with Crippen LogP contribution in [0.2, 0.25) is 0 Å². The first-order chi connectivity index (χ1) is 7.77. The van der Waals surface area contributed by atoms with Gasteiger partial charge in [0, 0.05) is 12.1 Å². The van der Waals surface area contributed by atoms with E-state index in [1.807, 2.05) is 6.07 Å². The summed E-state index contributed by atoms with van der Waals surface area (Å²) in [6, 6.07) is 11.0. The maximum Gasteiger partial charge on any atom is 0.0693 e. The minimum absolute atomic E-state index is 0.167. The van der Waals surface area contributed by atoms with Gasteiger partial charge in [0.25, 0.3) is 0 Å². The summed E-state index contributed by atoms with van der Waals surface area (Å²) in [5.74, 6) is 0. The van der Waals surface area contributed by atoms with Gasteiger partial charge in [-0.1, -0.05) is 43.2 Å². The SMILES string of the molecule is CC(N[C@H]1CCCCC1O)c1ccccc1. The highest BCUT2D eigenvalue weighted by Crippen LogP contribution is 2.21. The topological polar surface area (TPSA) is 32.3 Å². The van der Waals surface area contributed by atoms with Gasteiger partial charge >= 0.3 is 0 Å². The summed E-state index contributed by atoms with van der Waals surface area (Å²) in [4.78, 5) is 0. The second-order valence-corrected chi connectivity index (χ2v) is 4.76. The third-order valence-corrected chi connectivity index (χ3v) is 3.49. The smallest absolute Gasteiger partial charge is 0.0693 e. The third-order valence-electron chi connectivity index (χ3n) is 3.49.